The summed E-state index contributed by atoms with van der Waals surface area (Å²) in [7, 11) is 0. The summed E-state index contributed by atoms with van der Waals surface area (Å²) in [6.07, 6.45) is 14.6. The Morgan fingerprint density at radius 1 is 0.833 bits per heavy atom. The number of hydrogen-bond donors (Lipinski definition) is 1. The molecule has 18 heavy (non-hydrogen) atoms. The smallest absolute Gasteiger partial charge is 0.0594 e. The molecule has 1 N–H and O–H groups in total. The first kappa shape index (κ1) is 12.9. The molecule has 2 nitrogen and oxygen atoms in total. The topological polar surface area (TPSA) is 21.3 Å². The molecule has 3 fully saturated rings. The van der Waals surface area contributed by atoms with Crippen LogP contribution >= 0.6 is 0 Å². The van der Waals surface area contributed by atoms with Crippen LogP contribution < -0.4 is 5.32 Å². The molecule has 3 saturated carbocycles. The molecule has 3 rings (SSSR count). The molecule has 104 valence electrons. The lowest BCUT2D eigenvalue weighted by molar-refractivity contribution is 0.0434. The molecule has 0 bridgehead atoms. The van der Waals surface area contributed by atoms with Crippen LogP contribution in [-0.2, 0) is 4.74 Å². The van der Waals surface area contributed by atoms with Crippen molar-refractivity contribution in [2.75, 3.05) is 13.2 Å². The van der Waals surface area contributed by atoms with E-state index in [1.807, 2.05) is 0 Å². The van der Waals surface area contributed by atoms with E-state index in [2.05, 4.69) is 5.32 Å². The van der Waals surface area contributed by atoms with E-state index in [-0.39, 0.29) is 0 Å². The molecule has 3 aliphatic carbocycles. The Bertz CT molecular complexity index is 227. The van der Waals surface area contributed by atoms with Crippen molar-refractivity contribution in [2.24, 2.45) is 11.8 Å². The van der Waals surface area contributed by atoms with Crippen LogP contribution in [0.1, 0.15) is 64.2 Å². The first-order valence-corrected chi connectivity index (χ1v) is 8.28. The van der Waals surface area contributed by atoms with E-state index in [9.17, 15) is 0 Å². The first-order chi connectivity index (χ1) is 8.93. The maximum atomic E-state index is 6.05. The second kappa shape index (κ2) is 6.38. The average molecular weight is 251 g/mol. The Labute approximate surface area is 112 Å². The van der Waals surface area contributed by atoms with Crippen LogP contribution in [-0.4, -0.2) is 25.3 Å². The zero-order valence-corrected chi connectivity index (χ0v) is 11.7. The molecule has 0 spiro atoms. The van der Waals surface area contributed by atoms with E-state index >= 15 is 0 Å². The highest BCUT2D eigenvalue weighted by molar-refractivity contribution is 4.96. The summed E-state index contributed by atoms with van der Waals surface area (Å²) in [6.45, 7) is 2.01. The van der Waals surface area contributed by atoms with Gasteiger partial charge in [0.25, 0.3) is 0 Å². The fourth-order valence-corrected chi connectivity index (χ4v) is 3.49. The molecule has 0 radical (unpaired) electrons. The summed E-state index contributed by atoms with van der Waals surface area (Å²) in [4.78, 5) is 0. The van der Waals surface area contributed by atoms with Gasteiger partial charge in [0.15, 0.2) is 0 Å². The van der Waals surface area contributed by atoms with Gasteiger partial charge in [-0.25, -0.2) is 0 Å². The predicted molar refractivity (Wildman–Crippen MR) is 74.7 cm³/mol. The second-order valence-corrected chi connectivity index (χ2v) is 6.64. The van der Waals surface area contributed by atoms with Gasteiger partial charge in [0.05, 0.1) is 12.7 Å². The van der Waals surface area contributed by atoms with Gasteiger partial charge in [0, 0.05) is 12.6 Å². The van der Waals surface area contributed by atoms with Crippen molar-refractivity contribution in [3.8, 4) is 0 Å². The summed E-state index contributed by atoms with van der Waals surface area (Å²) >= 11 is 0. The Morgan fingerprint density at radius 3 is 2.00 bits per heavy atom. The summed E-state index contributed by atoms with van der Waals surface area (Å²) in [5, 5.41) is 3.77. The Kier molecular flexibility index (Phi) is 4.58. The number of rotatable bonds is 7. The van der Waals surface area contributed by atoms with Crippen LogP contribution in [0.4, 0.5) is 0 Å². The van der Waals surface area contributed by atoms with Crippen LogP contribution in [0.15, 0.2) is 0 Å². The number of hydrogen-bond acceptors (Lipinski definition) is 2. The van der Waals surface area contributed by atoms with Crippen molar-refractivity contribution in [1.29, 1.82) is 0 Å². The van der Waals surface area contributed by atoms with E-state index in [0.717, 1.165) is 31.0 Å². The zero-order chi connectivity index (χ0) is 12.2. The standard InChI is InChI=1S/C16H29NO/c1-2-4-6-15(5-3-1)18-12-11-17-16(13-7-8-13)14-9-10-14/h13-17H,1-12H2. The van der Waals surface area contributed by atoms with Crippen molar-refractivity contribution in [3.05, 3.63) is 0 Å². The van der Waals surface area contributed by atoms with Crippen molar-refractivity contribution in [3.63, 3.8) is 0 Å². The molecule has 0 aliphatic heterocycles. The molecule has 3 aliphatic rings. The molecule has 0 heterocycles. The summed E-state index contributed by atoms with van der Waals surface area (Å²) in [5.41, 5.74) is 0. The highest BCUT2D eigenvalue weighted by Gasteiger charge is 2.40. The first-order valence-electron chi connectivity index (χ1n) is 8.28. The van der Waals surface area contributed by atoms with Crippen molar-refractivity contribution in [2.45, 2.75) is 76.4 Å². The normalized spacial score (nSPS) is 26.5. The maximum absolute atomic E-state index is 6.05. The van der Waals surface area contributed by atoms with Crippen LogP contribution in [0.3, 0.4) is 0 Å². The third-order valence-corrected chi connectivity index (χ3v) is 4.90. The zero-order valence-electron chi connectivity index (χ0n) is 11.7. The molecule has 0 aromatic rings. The van der Waals surface area contributed by atoms with Crippen molar-refractivity contribution in [1.82, 2.24) is 5.32 Å². The Hall–Kier alpha value is -0.0800. The Morgan fingerprint density at radius 2 is 1.44 bits per heavy atom. The Balaban J connectivity index is 1.29. The largest absolute Gasteiger partial charge is 0.377 e. The van der Waals surface area contributed by atoms with Crippen LogP contribution in [0.5, 0.6) is 0 Å². The fraction of sp³-hybridized carbons (Fsp3) is 1.00. The van der Waals surface area contributed by atoms with Crippen LogP contribution in [0.2, 0.25) is 0 Å². The monoisotopic (exact) mass is 251 g/mol. The van der Waals surface area contributed by atoms with Gasteiger partial charge >= 0.3 is 0 Å². The van der Waals surface area contributed by atoms with Gasteiger partial charge < -0.3 is 10.1 Å². The van der Waals surface area contributed by atoms with E-state index in [0.29, 0.717) is 6.10 Å². The number of nitrogens with one attached hydrogen (secondary N) is 1. The molecular formula is C16H29NO. The lowest BCUT2D eigenvalue weighted by Gasteiger charge is -2.20. The van der Waals surface area contributed by atoms with E-state index < -0.39 is 0 Å². The van der Waals surface area contributed by atoms with Gasteiger partial charge in [0.1, 0.15) is 0 Å². The van der Waals surface area contributed by atoms with Crippen LogP contribution in [0.25, 0.3) is 0 Å². The SMILES string of the molecule is C1CCCC(OCCNC(C2CC2)C2CC2)CC1. The van der Waals surface area contributed by atoms with Crippen molar-refractivity contribution < 1.29 is 4.74 Å². The highest BCUT2D eigenvalue weighted by Crippen LogP contribution is 2.44. The molecule has 0 amide bonds. The molecule has 0 unspecified atom stereocenters. The molecule has 2 heteroatoms. The fourth-order valence-electron chi connectivity index (χ4n) is 3.49. The minimum Gasteiger partial charge on any atom is -0.377 e. The van der Waals surface area contributed by atoms with Crippen molar-refractivity contribution >= 4 is 0 Å². The molecule has 0 atom stereocenters. The van der Waals surface area contributed by atoms with E-state index in [1.165, 1.54) is 64.2 Å². The molecule has 0 aromatic heterocycles. The van der Waals surface area contributed by atoms with Crippen LogP contribution in [0, 0.1) is 11.8 Å². The summed E-state index contributed by atoms with van der Waals surface area (Å²) in [5.74, 6) is 2.02. The van der Waals surface area contributed by atoms with Gasteiger partial charge in [-0.15, -0.1) is 0 Å². The third-order valence-electron chi connectivity index (χ3n) is 4.90. The van der Waals surface area contributed by atoms with Gasteiger partial charge in [-0.1, -0.05) is 25.7 Å². The number of ether oxygens (including phenoxy) is 1. The molecule has 0 saturated heterocycles. The van der Waals surface area contributed by atoms with E-state index in [4.69, 9.17) is 4.74 Å². The minimum atomic E-state index is 0.564. The van der Waals surface area contributed by atoms with Gasteiger partial charge in [-0.2, -0.15) is 0 Å². The molecule has 0 aromatic carbocycles. The average Bonchev–Trinajstić information content (AvgIpc) is 3.23. The molecular weight excluding hydrogens is 222 g/mol. The highest BCUT2D eigenvalue weighted by atomic mass is 16.5. The summed E-state index contributed by atoms with van der Waals surface area (Å²) in [6, 6.07) is 0.836. The quantitative estimate of drug-likeness (QED) is 0.552. The minimum absolute atomic E-state index is 0.564. The van der Waals surface area contributed by atoms with E-state index in [1.54, 1.807) is 0 Å². The lowest BCUT2D eigenvalue weighted by atomic mass is 10.1. The second-order valence-electron chi connectivity index (χ2n) is 6.64. The summed E-state index contributed by atoms with van der Waals surface area (Å²) < 4.78 is 6.05. The lowest BCUT2D eigenvalue weighted by Crippen LogP contribution is -2.36. The third kappa shape index (κ3) is 3.96. The maximum Gasteiger partial charge on any atom is 0.0594 e. The van der Waals surface area contributed by atoms with Gasteiger partial charge in [-0.05, 0) is 50.4 Å². The predicted octanol–water partition coefficient (Wildman–Crippen LogP) is 3.50. The van der Waals surface area contributed by atoms with Gasteiger partial charge in [0.2, 0.25) is 0 Å². The van der Waals surface area contributed by atoms with Gasteiger partial charge in [-0.3, -0.25) is 0 Å².